The Morgan fingerprint density at radius 3 is 2.50 bits per heavy atom. The molecule has 0 aliphatic heterocycles. The van der Waals surface area contributed by atoms with Gasteiger partial charge in [0.15, 0.2) is 10.3 Å². The summed E-state index contributed by atoms with van der Waals surface area (Å²) in [6.07, 6.45) is 2.72. The van der Waals surface area contributed by atoms with Crippen molar-refractivity contribution in [3.05, 3.63) is 45.1 Å². The van der Waals surface area contributed by atoms with Gasteiger partial charge in [0.1, 0.15) is 16.6 Å². The Hall–Kier alpha value is -1.24. The minimum atomic E-state index is -0.378. The first kappa shape index (κ1) is 13.2. The van der Waals surface area contributed by atoms with E-state index in [0.717, 1.165) is 0 Å². The van der Waals surface area contributed by atoms with Crippen LogP contribution in [0.1, 0.15) is 10.4 Å². The zero-order valence-electron chi connectivity index (χ0n) is 8.69. The van der Waals surface area contributed by atoms with Crippen molar-refractivity contribution < 1.29 is 4.79 Å². The molecule has 0 spiro atoms. The lowest BCUT2D eigenvalue weighted by Gasteiger charge is -2.07. The minimum absolute atomic E-state index is 0.0801. The summed E-state index contributed by atoms with van der Waals surface area (Å²) in [7, 11) is 0. The molecule has 0 bridgehead atoms. The molecule has 2 aromatic heterocycles. The van der Waals surface area contributed by atoms with E-state index in [9.17, 15) is 4.79 Å². The highest BCUT2D eigenvalue weighted by Crippen LogP contribution is 2.26. The molecular formula is C10H5BrCl2N4O. The molecule has 2 heterocycles. The molecule has 0 aliphatic carbocycles. The molecular weight excluding hydrogens is 343 g/mol. The summed E-state index contributed by atoms with van der Waals surface area (Å²) in [5.74, 6) is -0.378. The highest BCUT2D eigenvalue weighted by Gasteiger charge is 2.13. The van der Waals surface area contributed by atoms with E-state index < -0.39 is 0 Å². The fraction of sp³-hybridized carbons (Fsp3) is 0. The zero-order chi connectivity index (χ0) is 13.1. The number of amides is 1. The number of pyridine rings is 1. The highest BCUT2D eigenvalue weighted by atomic mass is 79.9. The normalized spacial score (nSPS) is 10.2. The van der Waals surface area contributed by atoms with Gasteiger partial charge in [0, 0.05) is 11.8 Å². The van der Waals surface area contributed by atoms with Crippen LogP contribution in [0.5, 0.6) is 0 Å². The van der Waals surface area contributed by atoms with Crippen LogP contribution in [0, 0.1) is 0 Å². The molecule has 0 saturated heterocycles. The van der Waals surface area contributed by atoms with Gasteiger partial charge < -0.3 is 5.32 Å². The van der Waals surface area contributed by atoms with Gasteiger partial charge in [0.05, 0.1) is 0 Å². The maximum absolute atomic E-state index is 11.9. The quantitative estimate of drug-likeness (QED) is 0.669. The van der Waals surface area contributed by atoms with E-state index in [4.69, 9.17) is 23.2 Å². The van der Waals surface area contributed by atoms with E-state index in [1.54, 1.807) is 12.1 Å². The third-order valence-electron chi connectivity index (χ3n) is 1.98. The summed E-state index contributed by atoms with van der Waals surface area (Å²) >= 11 is 14.8. The molecule has 8 heteroatoms. The molecule has 2 rings (SSSR count). The number of hydrogen-bond donors (Lipinski definition) is 1. The van der Waals surface area contributed by atoms with Crippen LogP contribution < -0.4 is 5.32 Å². The first-order chi connectivity index (χ1) is 8.58. The molecule has 0 unspecified atom stereocenters. The average molecular weight is 348 g/mol. The largest absolute Gasteiger partial charge is 0.317 e. The van der Waals surface area contributed by atoms with Crippen LogP contribution in [0.25, 0.3) is 0 Å². The molecule has 1 amide bonds. The average Bonchev–Trinajstić information content (AvgIpc) is 2.34. The van der Waals surface area contributed by atoms with Crippen molar-refractivity contribution in [2.75, 3.05) is 5.32 Å². The first-order valence-corrected chi connectivity index (χ1v) is 6.21. The van der Waals surface area contributed by atoms with Crippen LogP contribution >= 0.6 is 39.1 Å². The molecule has 18 heavy (non-hydrogen) atoms. The summed E-state index contributed by atoms with van der Waals surface area (Å²) in [5.41, 5.74) is 0.589. The Bertz CT molecular complexity index is 588. The highest BCUT2D eigenvalue weighted by molar-refractivity contribution is 9.10. The van der Waals surface area contributed by atoms with Gasteiger partial charge in [-0.1, -0.05) is 23.2 Å². The maximum atomic E-state index is 11.9. The van der Waals surface area contributed by atoms with E-state index in [2.05, 4.69) is 36.2 Å². The number of anilines is 1. The van der Waals surface area contributed by atoms with Gasteiger partial charge in [-0.2, -0.15) is 0 Å². The maximum Gasteiger partial charge on any atom is 0.255 e. The van der Waals surface area contributed by atoms with Crippen molar-refractivity contribution in [3.8, 4) is 0 Å². The molecule has 0 aromatic carbocycles. The number of nitrogens with zero attached hydrogens (tertiary/aromatic N) is 3. The van der Waals surface area contributed by atoms with Gasteiger partial charge in [-0.15, -0.1) is 0 Å². The van der Waals surface area contributed by atoms with Crippen molar-refractivity contribution in [2.45, 2.75) is 0 Å². The van der Waals surface area contributed by atoms with Crippen molar-refractivity contribution >= 4 is 50.7 Å². The molecule has 0 atom stereocenters. The lowest BCUT2D eigenvalue weighted by molar-refractivity contribution is 0.102. The van der Waals surface area contributed by atoms with Gasteiger partial charge >= 0.3 is 0 Å². The number of halogens is 3. The number of carbonyl (C=O) groups is 1. The van der Waals surface area contributed by atoms with E-state index in [-0.39, 0.29) is 21.9 Å². The van der Waals surface area contributed by atoms with Crippen LogP contribution in [0.4, 0.5) is 5.69 Å². The Labute approximate surface area is 121 Å². The van der Waals surface area contributed by atoms with Crippen LogP contribution in [-0.2, 0) is 0 Å². The van der Waals surface area contributed by atoms with Gasteiger partial charge in [-0.3, -0.25) is 4.79 Å². The van der Waals surface area contributed by atoms with E-state index >= 15 is 0 Å². The zero-order valence-corrected chi connectivity index (χ0v) is 11.8. The fourth-order valence-corrected chi connectivity index (χ4v) is 1.95. The smallest absolute Gasteiger partial charge is 0.255 e. The van der Waals surface area contributed by atoms with Crippen molar-refractivity contribution in [3.63, 3.8) is 0 Å². The van der Waals surface area contributed by atoms with Crippen molar-refractivity contribution in [1.29, 1.82) is 0 Å². The number of aromatic nitrogens is 3. The Balaban J connectivity index is 2.27. The van der Waals surface area contributed by atoms with Gasteiger partial charge in [-0.05, 0) is 28.1 Å². The van der Waals surface area contributed by atoms with Crippen molar-refractivity contribution in [2.24, 2.45) is 0 Å². The number of hydrogen-bond acceptors (Lipinski definition) is 4. The molecule has 0 aliphatic rings. The summed E-state index contributed by atoms with van der Waals surface area (Å²) in [5, 5.41) is 2.71. The Kier molecular flexibility index (Phi) is 4.11. The Morgan fingerprint density at radius 2 is 1.89 bits per heavy atom. The number of carbonyl (C=O) groups excluding carboxylic acids is 1. The van der Waals surface area contributed by atoms with Gasteiger partial charge in [0.2, 0.25) is 0 Å². The molecule has 1 N–H and O–H groups in total. The monoisotopic (exact) mass is 346 g/mol. The SMILES string of the molecule is O=C(Nc1c(Cl)ncnc1Cl)c1ccnc(Br)c1. The molecule has 0 radical (unpaired) electrons. The summed E-state index contributed by atoms with van der Waals surface area (Å²) in [4.78, 5) is 23.3. The van der Waals surface area contributed by atoms with Gasteiger partial charge in [0.25, 0.3) is 5.91 Å². The standard InChI is InChI=1S/C10H5BrCl2N4O/c11-6-3-5(1-2-14-6)10(18)17-7-8(12)15-4-16-9(7)13/h1-4H,(H,17,18). The fourth-order valence-electron chi connectivity index (χ4n) is 1.18. The van der Waals surface area contributed by atoms with Crippen LogP contribution in [0.2, 0.25) is 10.3 Å². The second-order valence-corrected chi connectivity index (χ2v) is 4.68. The lowest BCUT2D eigenvalue weighted by atomic mass is 10.2. The van der Waals surface area contributed by atoms with Gasteiger partial charge in [-0.25, -0.2) is 15.0 Å². The second kappa shape index (κ2) is 5.60. The summed E-state index contributed by atoms with van der Waals surface area (Å²) < 4.78 is 0.552. The van der Waals surface area contributed by atoms with Crippen LogP contribution in [-0.4, -0.2) is 20.9 Å². The molecule has 2 aromatic rings. The molecule has 0 saturated carbocycles. The van der Waals surface area contributed by atoms with E-state index in [0.29, 0.717) is 10.2 Å². The molecule has 5 nitrogen and oxygen atoms in total. The number of nitrogens with one attached hydrogen (secondary N) is 1. The second-order valence-electron chi connectivity index (χ2n) is 3.15. The van der Waals surface area contributed by atoms with Crippen LogP contribution in [0.3, 0.4) is 0 Å². The van der Waals surface area contributed by atoms with E-state index in [1.807, 2.05) is 0 Å². The summed E-state index contributed by atoms with van der Waals surface area (Å²) in [6, 6.07) is 3.13. The van der Waals surface area contributed by atoms with Crippen molar-refractivity contribution in [1.82, 2.24) is 15.0 Å². The van der Waals surface area contributed by atoms with Crippen LogP contribution in [0.15, 0.2) is 29.3 Å². The first-order valence-electron chi connectivity index (χ1n) is 4.67. The predicted molar refractivity (Wildman–Crippen MR) is 71.9 cm³/mol. The lowest BCUT2D eigenvalue weighted by Crippen LogP contribution is -2.13. The molecule has 0 fully saturated rings. The topological polar surface area (TPSA) is 67.8 Å². The molecule has 92 valence electrons. The third-order valence-corrected chi connectivity index (χ3v) is 2.99. The summed E-state index contributed by atoms with van der Waals surface area (Å²) in [6.45, 7) is 0. The number of rotatable bonds is 2. The Morgan fingerprint density at radius 1 is 1.22 bits per heavy atom. The van der Waals surface area contributed by atoms with E-state index in [1.165, 1.54) is 12.5 Å². The third kappa shape index (κ3) is 2.95. The predicted octanol–water partition coefficient (Wildman–Crippen LogP) is 3.19. The minimum Gasteiger partial charge on any atom is -0.317 e.